The molecule has 0 N–H and O–H groups in total. The molecule has 1 aliphatic carbocycles. The molecule has 1 saturated carbocycles. The van der Waals surface area contributed by atoms with Crippen LogP contribution in [0.1, 0.15) is 65.3 Å². The van der Waals surface area contributed by atoms with E-state index in [1.165, 1.54) is 18.4 Å². The smallest absolute Gasteiger partial charge is 0.253 e. The van der Waals surface area contributed by atoms with E-state index in [1.54, 1.807) is 19.0 Å². The highest BCUT2D eigenvalue weighted by Crippen LogP contribution is 2.40. The number of likely N-dealkylation sites (tertiary alicyclic amines) is 1. The van der Waals surface area contributed by atoms with Crippen molar-refractivity contribution in [1.82, 2.24) is 19.9 Å². The van der Waals surface area contributed by atoms with Crippen molar-refractivity contribution in [3.8, 4) is 0 Å². The van der Waals surface area contributed by atoms with E-state index in [1.807, 2.05) is 24.3 Å². The lowest BCUT2D eigenvalue weighted by Gasteiger charge is -2.22. The predicted octanol–water partition coefficient (Wildman–Crippen LogP) is 2.99. The molecule has 2 heterocycles. The number of rotatable bonds is 5. The molecule has 1 aromatic carbocycles. The standard InChI is InChI=1S/C19H24N4O2/c1-22(2)19(24)15-7-5-13(6-8-15)12-23-11-3-4-16(23)17-20-18(25-21-17)14-9-10-14/h5-8,14,16H,3-4,9-12H2,1-2H3/t16-/m0/s1. The Kier molecular flexibility index (Phi) is 4.29. The van der Waals surface area contributed by atoms with E-state index in [0.717, 1.165) is 43.2 Å². The lowest BCUT2D eigenvalue weighted by Crippen LogP contribution is -2.24. The molecule has 6 heteroatoms. The normalized spacial score (nSPS) is 20.8. The van der Waals surface area contributed by atoms with Crippen LogP contribution in [0, 0.1) is 0 Å². The Hall–Kier alpha value is -2.21. The van der Waals surface area contributed by atoms with Crippen LogP contribution < -0.4 is 0 Å². The monoisotopic (exact) mass is 340 g/mol. The molecule has 0 unspecified atom stereocenters. The Labute approximate surface area is 147 Å². The highest BCUT2D eigenvalue weighted by Gasteiger charge is 2.34. The highest BCUT2D eigenvalue weighted by molar-refractivity contribution is 5.93. The van der Waals surface area contributed by atoms with Crippen molar-refractivity contribution < 1.29 is 9.32 Å². The fourth-order valence-electron chi connectivity index (χ4n) is 3.43. The molecule has 1 saturated heterocycles. The molecule has 2 aliphatic rings. The summed E-state index contributed by atoms with van der Waals surface area (Å²) >= 11 is 0. The fourth-order valence-corrected chi connectivity index (χ4v) is 3.43. The van der Waals surface area contributed by atoms with Crippen molar-refractivity contribution in [2.45, 2.75) is 44.2 Å². The van der Waals surface area contributed by atoms with Crippen LogP contribution in [-0.4, -0.2) is 46.5 Å². The number of carbonyl (C=O) groups excluding carboxylic acids is 1. The predicted molar refractivity (Wildman–Crippen MR) is 93.1 cm³/mol. The number of hydrogen-bond acceptors (Lipinski definition) is 5. The minimum absolute atomic E-state index is 0.0324. The minimum atomic E-state index is 0.0324. The number of aromatic nitrogens is 2. The van der Waals surface area contributed by atoms with Gasteiger partial charge in [0.25, 0.3) is 5.91 Å². The van der Waals surface area contributed by atoms with Crippen LogP contribution in [0.15, 0.2) is 28.8 Å². The second kappa shape index (κ2) is 6.59. The quantitative estimate of drug-likeness (QED) is 0.837. The van der Waals surface area contributed by atoms with Gasteiger partial charge in [0, 0.05) is 32.1 Å². The maximum atomic E-state index is 12.0. The molecule has 1 aromatic heterocycles. The van der Waals surface area contributed by atoms with E-state index in [2.05, 4.69) is 15.0 Å². The zero-order chi connectivity index (χ0) is 17.4. The molecule has 1 amide bonds. The van der Waals surface area contributed by atoms with Crippen molar-refractivity contribution in [3.63, 3.8) is 0 Å². The van der Waals surface area contributed by atoms with E-state index in [0.29, 0.717) is 5.92 Å². The summed E-state index contributed by atoms with van der Waals surface area (Å²) in [6.45, 7) is 1.88. The van der Waals surface area contributed by atoms with Gasteiger partial charge in [-0.25, -0.2) is 0 Å². The van der Waals surface area contributed by atoms with Crippen LogP contribution in [0.5, 0.6) is 0 Å². The second-order valence-corrected chi connectivity index (χ2v) is 7.29. The van der Waals surface area contributed by atoms with E-state index in [4.69, 9.17) is 4.52 Å². The molecule has 132 valence electrons. The number of carbonyl (C=O) groups is 1. The maximum Gasteiger partial charge on any atom is 0.253 e. The van der Waals surface area contributed by atoms with Gasteiger partial charge in [-0.1, -0.05) is 17.3 Å². The van der Waals surface area contributed by atoms with Gasteiger partial charge in [-0.2, -0.15) is 4.98 Å². The molecule has 1 aliphatic heterocycles. The highest BCUT2D eigenvalue weighted by atomic mass is 16.5. The number of nitrogens with zero attached hydrogens (tertiary/aromatic N) is 4. The van der Waals surface area contributed by atoms with Gasteiger partial charge in [0.2, 0.25) is 5.89 Å². The molecular weight excluding hydrogens is 316 g/mol. The van der Waals surface area contributed by atoms with Gasteiger partial charge in [0.1, 0.15) is 0 Å². The van der Waals surface area contributed by atoms with Crippen LogP contribution in [0.25, 0.3) is 0 Å². The molecule has 1 atom stereocenters. The second-order valence-electron chi connectivity index (χ2n) is 7.29. The van der Waals surface area contributed by atoms with Crippen LogP contribution in [0.2, 0.25) is 0 Å². The van der Waals surface area contributed by atoms with Crippen LogP contribution >= 0.6 is 0 Å². The van der Waals surface area contributed by atoms with Crippen molar-refractivity contribution >= 4 is 5.91 Å². The van der Waals surface area contributed by atoms with E-state index >= 15 is 0 Å². The van der Waals surface area contributed by atoms with Crippen molar-refractivity contribution in [3.05, 3.63) is 47.1 Å². The van der Waals surface area contributed by atoms with Gasteiger partial charge >= 0.3 is 0 Å². The summed E-state index contributed by atoms with van der Waals surface area (Å²) in [7, 11) is 3.54. The Morgan fingerprint density at radius 3 is 2.68 bits per heavy atom. The lowest BCUT2D eigenvalue weighted by atomic mass is 10.1. The third-order valence-electron chi connectivity index (χ3n) is 5.04. The first-order valence-electron chi connectivity index (χ1n) is 9.00. The zero-order valence-corrected chi connectivity index (χ0v) is 14.8. The Bertz CT molecular complexity index is 749. The third kappa shape index (κ3) is 3.44. The maximum absolute atomic E-state index is 12.0. The number of hydrogen-bond donors (Lipinski definition) is 0. The Balaban J connectivity index is 1.44. The summed E-state index contributed by atoms with van der Waals surface area (Å²) in [6, 6.07) is 8.12. The number of amides is 1. The molecular formula is C19H24N4O2. The Morgan fingerprint density at radius 2 is 2.00 bits per heavy atom. The van der Waals surface area contributed by atoms with Crippen LogP contribution in [-0.2, 0) is 6.54 Å². The summed E-state index contributed by atoms with van der Waals surface area (Å²) in [4.78, 5) is 20.6. The largest absolute Gasteiger partial charge is 0.345 e. The van der Waals surface area contributed by atoms with Crippen molar-refractivity contribution in [2.75, 3.05) is 20.6 Å². The first kappa shape index (κ1) is 16.3. The summed E-state index contributed by atoms with van der Waals surface area (Å²) < 4.78 is 5.43. The SMILES string of the molecule is CN(C)C(=O)c1ccc(CN2CCC[C@H]2c2noc(C3CC3)n2)cc1. The average molecular weight is 340 g/mol. The summed E-state index contributed by atoms with van der Waals surface area (Å²) in [5.41, 5.74) is 1.92. The first-order chi connectivity index (χ1) is 12.1. The van der Waals surface area contributed by atoms with Crippen molar-refractivity contribution in [1.29, 1.82) is 0 Å². The lowest BCUT2D eigenvalue weighted by molar-refractivity contribution is 0.0827. The van der Waals surface area contributed by atoms with E-state index < -0.39 is 0 Å². The first-order valence-corrected chi connectivity index (χ1v) is 9.00. The molecule has 25 heavy (non-hydrogen) atoms. The summed E-state index contributed by atoms with van der Waals surface area (Å²) in [6.07, 6.45) is 4.57. The summed E-state index contributed by atoms with van der Waals surface area (Å²) in [5.74, 6) is 2.18. The zero-order valence-electron chi connectivity index (χ0n) is 14.8. The molecule has 0 radical (unpaired) electrons. The molecule has 0 spiro atoms. The molecule has 2 fully saturated rings. The van der Waals surface area contributed by atoms with Gasteiger partial charge in [-0.05, 0) is 49.9 Å². The van der Waals surface area contributed by atoms with Crippen molar-refractivity contribution in [2.24, 2.45) is 0 Å². The van der Waals surface area contributed by atoms with Gasteiger partial charge in [0.05, 0.1) is 6.04 Å². The third-order valence-corrected chi connectivity index (χ3v) is 5.04. The molecule has 6 nitrogen and oxygen atoms in total. The van der Waals surface area contributed by atoms with Gasteiger partial charge < -0.3 is 9.42 Å². The molecule has 0 bridgehead atoms. The van der Waals surface area contributed by atoms with Crippen LogP contribution in [0.3, 0.4) is 0 Å². The van der Waals surface area contributed by atoms with E-state index in [-0.39, 0.29) is 11.9 Å². The molecule has 2 aromatic rings. The van der Waals surface area contributed by atoms with Gasteiger partial charge in [-0.3, -0.25) is 9.69 Å². The minimum Gasteiger partial charge on any atom is -0.345 e. The summed E-state index contributed by atoms with van der Waals surface area (Å²) in [5, 5.41) is 4.23. The average Bonchev–Trinajstić information content (AvgIpc) is 3.16. The molecule has 4 rings (SSSR count). The van der Waals surface area contributed by atoms with Crippen LogP contribution in [0.4, 0.5) is 0 Å². The fraction of sp³-hybridized carbons (Fsp3) is 0.526. The number of benzene rings is 1. The Morgan fingerprint density at radius 1 is 1.24 bits per heavy atom. The van der Waals surface area contributed by atoms with E-state index in [9.17, 15) is 4.79 Å². The topological polar surface area (TPSA) is 62.5 Å². The van der Waals surface area contributed by atoms with Gasteiger partial charge in [0.15, 0.2) is 5.82 Å². The van der Waals surface area contributed by atoms with Gasteiger partial charge in [-0.15, -0.1) is 0 Å².